The van der Waals surface area contributed by atoms with Crippen molar-refractivity contribution in [3.63, 3.8) is 0 Å². The molecule has 5 nitrogen and oxygen atoms in total. The number of hydrogen-bond donors (Lipinski definition) is 3. The lowest BCUT2D eigenvalue weighted by Gasteiger charge is -2.19. The van der Waals surface area contributed by atoms with Crippen molar-refractivity contribution in [2.45, 2.75) is 32.7 Å². The van der Waals surface area contributed by atoms with E-state index in [1.807, 2.05) is 13.8 Å². The van der Waals surface area contributed by atoms with Gasteiger partial charge in [-0.3, -0.25) is 9.59 Å². The van der Waals surface area contributed by atoms with E-state index in [9.17, 15) is 9.59 Å². The Kier molecular flexibility index (Phi) is 5.87. The van der Waals surface area contributed by atoms with Crippen molar-refractivity contribution in [2.24, 2.45) is 5.92 Å². The van der Waals surface area contributed by atoms with Crippen LogP contribution in [0.2, 0.25) is 0 Å². The number of carboxylic acids is 1. The van der Waals surface area contributed by atoms with Crippen LogP contribution in [0.4, 0.5) is 0 Å². The lowest BCUT2D eigenvalue weighted by atomic mass is 10.1. The third-order valence-electron chi connectivity index (χ3n) is 1.91. The van der Waals surface area contributed by atoms with Crippen LogP contribution < -0.4 is 5.32 Å². The van der Waals surface area contributed by atoms with Gasteiger partial charge in [0.2, 0.25) is 5.91 Å². The van der Waals surface area contributed by atoms with E-state index in [1.165, 1.54) is 0 Å². The van der Waals surface area contributed by atoms with Crippen LogP contribution in [0.1, 0.15) is 26.7 Å². The molecule has 0 aromatic carbocycles. The van der Waals surface area contributed by atoms with Crippen molar-refractivity contribution in [1.29, 1.82) is 0 Å². The molecular formula is C9H17NO4. The van der Waals surface area contributed by atoms with Gasteiger partial charge in [-0.1, -0.05) is 13.8 Å². The Labute approximate surface area is 83.1 Å². The summed E-state index contributed by atoms with van der Waals surface area (Å²) in [5, 5.41) is 19.8. The number of carbonyl (C=O) groups excluding carboxylic acids is 1. The van der Waals surface area contributed by atoms with Crippen molar-refractivity contribution in [1.82, 2.24) is 5.32 Å². The summed E-state index contributed by atoms with van der Waals surface area (Å²) < 4.78 is 0. The first-order valence-electron chi connectivity index (χ1n) is 4.59. The zero-order valence-electron chi connectivity index (χ0n) is 8.49. The van der Waals surface area contributed by atoms with Crippen LogP contribution in [0.15, 0.2) is 0 Å². The van der Waals surface area contributed by atoms with E-state index < -0.39 is 5.97 Å². The van der Waals surface area contributed by atoms with Crippen LogP contribution in [-0.4, -0.2) is 34.7 Å². The van der Waals surface area contributed by atoms with Gasteiger partial charge in [-0.05, 0) is 5.92 Å². The zero-order chi connectivity index (χ0) is 11.1. The summed E-state index contributed by atoms with van der Waals surface area (Å²) in [5.41, 5.74) is 0. The van der Waals surface area contributed by atoms with Crippen molar-refractivity contribution in [2.75, 3.05) is 6.61 Å². The van der Waals surface area contributed by atoms with Crippen molar-refractivity contribution < 1.29 is 19.8 Å². The van der Waals surface area contributed by atoms with Gasteiger partial charge in [0, 0.05) is 6.42 Å². The molecule has 0 aromatic heterocycles. The summed E-state index contributed by atoms with van der Waals surface area (Å²) in [4.78, 5) is 21.3. The molecule has 0 radical (unpaired) electrons. The first-order valence-corrected chi connectivity index (χ1v) is 4.59. The predicted octanol–water partition coefficient (Wildman–Crippen LogP) is -0.0157. The number of aliphatic hydroxyl groups excluding tert-OH is 1. The number of aliphatic hydroxyl groups is 1. The van der Waals surface area contributed by atoms with Crippen molar-refractivity contribution in [3.05, 3.63) is 0 Å². The van der Waals surface area contributed by atoms with Gasteiger partial charge in [0.15, 0.2) is 0 Å². The van der Waals surface area contributed by atoms with Gasteiger partial charge >= 0.3 is 5.97 Å². The maximum Gasteiger partial charge on any atom is 0.303 e. The Morgan fingerprint density at radius 1 is 1.29 bits per heavy atom. The van der Waals surface area contributed by atoms with E-state index >= 15 is 0 Å². The Bertz CT molecular complexity index is 203. The molecule has 0 fully saturated rings. The molecular weight excluding hydrogens is 186 g/mol. The van der Waals surface area contributed by atoms with Crippen molar-refractivity contribution in [3.8, 4) is 0 Å². The smallest absolute Gasteiger partial charge is 0.303 e. The first kappa shape index (κ1) is 12.9. The standard InChI is InChI=1S/C9H17NO4/c1-6(2)7(5-11)10-8(12)3-4-9(13)14/h6-7,11H,3-5H2,1-2H3,(H,10,12)(H,13,14)/t7-/m1/s1. The molecule has 14 heavy (non-hydrogen) atoms. The maximum atomic E-state index is 11.1. The highest BCUT2D eigenvalue weighted by Crippen LogP contribution is 2.01. The monoisotopic (exact) mass is 203 g/mol. The number of carboxylic acid groups (broad SMARTS) is 1. The summed E-state index contributed by atoms with van der Waals surface area (Å²) in [6.07, 6.45) is -0.222. The lowest BCUT2D eigenvalue weighted by molar-refractivity contribution is -0.139. The fourth-order valence-corrected chi connectivity index (χ4v) is 0.923. The van der Waals surface area contributed by atoms with E-state index in [2.05, 4.69) is 5.32 Å². The van der Waals surface area contributed by atoms with Crippen LogP contribution in [0.3, 0.4) is 0 Å². The van der Waals surface area contributed by atoms with Crippen LogP contribution in [-0.2, 0) is 9.59 Å². The molecule has 1 amide bonds. The number of amides is 1. The van der Waals surface area contributed by atoms with Gasteiger partial charge in [-0.25, -0.2) is 0 Å². The van der Waals surface area contributed by atoms with E-state index in [0.29, 0.717) is 0 Å². The molecule has 0 bridgehead atoms. The molecule has 0 rings (SSSR count). The molecule has 0 aliphatic rings. The largest absolute Gasteiger partial charge is 0.481 e. The molecule has 3 N–H and O–H groups in total. The van der Waals surface area contributed by atoms with E-state index in [-0.39, 0.29) is 37.3 Å². The third-order valence-corrected chi connectivity index (χ3v) is 1.91. The van der Waals surface area contributed by atoms with Gasteiger partial charge in [0.25, 0.3) is 0 Å². The highest BCUT2D eigenvalue weighted by atomic mass is 16.4. The van der Waals surface area contributed by atoms with Crippen LogP contribution in [0, 0.1) is 5.92 Å². The molecule has 5 heteroatoms. The molecule has 0 aromatic rings. The van der Waals surface area contributed by atoms with Crippen LogP contribution in [0.25, 0.3) is 0 Å². The average molecular weight is 203 g/mol. The molecule has 1 atom stereocenters. The topological polar surface area (TPSA) is 86.6 Å². The second kappa shape index (κ2) is 6.37. The molecule has 0 aliphatic heterocycles. The van der Waals surface area contributed by atoms with E-state index in [1.54, 1.807) is 0 Å². The molecule has 82 valence electrons. The molecule has 0 spiro atoms. The van der Waals surface area contributed by atoms with Gasteiger partial charge in [-0.15, -0.1) is 0 Å². The Hall–Kier alpha value is -1.10. The maximum absolute atomic E-state index is 11.1. The second-order valence-electron chi connectivity index (χ2n) is 3.49. The zero-order valence-corrected chi connectivity index (χ0v) is 8.49. The van der Waals surface area contributed by atoms with E-state index in [4.69, 9.17) is 10.2 Å². The number of hydrogen-bond acceptors (Lipinski definition) is 3. The number of rotatable bonds is 6. The van der Waals surface area contributed by atoms with Gasteiger partial charge < -0.3 is 15.5 Å². The summed E-state index contributed by atoms with van der Waals surface area (Å²) in [6, 6.07) is -0.295. The number of carbonyl (C=O) groups is 2. The highest BCUT2D eigenvalue weighted by Gasteiger charge is 2.15. The number of nitrogens with one attached hydrogen (secondary N) is 1. The van der Waals surface area contributed by atoms with Crippen LogP contribution in [0.5, 0.6) is 0 Å². The molecule has 0 saturated carbocycles. The van der Waals surface area contributed by atoms with Crippen LogP contribution >= 0.6 is 0 Å². The molecule has 0 heterocycles. The summed E-state index contributed by atoms with van der Waals surface area (Å²) in [5.74, 6) is -1.20. The minimum absolute atomic E-state index is 0.0431. The predicted molar refractivity (Wildman–Crippen MR) is 50.7 cm³/mol. The third kappa shape index (κ3) is 5.53. The molecule has 0 unspecified atom stereocenters. The van der Waals surface area contributed by atoms with Gasteiger partial charge in [0.1, 0.15) is 0 Å². The summed E-state index contributed by atoms with van der Waals surface area (Å²) >= 11 is 0. The molecule has 0 saturated heterocycles. The number of aliphatic carboxylic acids is 1. The van der Waals surface area contributed by atoms with Crippen molar-refractivity contribution >= 4 is 11.9 Å². The Morgan fingerprint density at radius 3 is 2.21 bits per heavy atom. The minimum atomic E-state index is -0.995. The summed E-state index contributed by atoms with van der Waals surface area (Å²) in [7, 11) is 0. The van der Waals surface area contributed by atoms with Gasteiger partial charge in [-0.2, -0.15) is 0 Å². The lowest BCUT2D eigenvalue weighted by Crippen LogP contribution is -2.41. The minimum Gasteiger partial charge on any atom is -0.481 e. The first-order chi connectivity index (χ1) is 6.47. The average Bonchev–Trinajstić information content (AvgIpc) is 2.10. The quantitative estimate of drug-likeness (QED) is 0.566. The second-order valence-corrected chi connectivity index (χ2v) is 3.49. The highest BCUT2D eigenvalue weighted by molar-refractivity contribution is 5.80. The summed E-state index contributed by atoms with van der Waals surface area (Å²) in [6.45, 7) is 3.62. The SMILES string of the molecule is CC(C)[C@@H](CO)NC(=O)CCC(=O)O. The fraction of sp³-hybridized carbons (Fsp3) is 0.778. The van der Waals surface area contributed by atoms with Gasteiger partial charge in [0.05, 0.1) is 19.1 Å². The Balaban J connectivity index is 3.85. The van der Waals surface area contributed by atoms with E-state index in [0.717, 1.165) is 0 Å². The molecule has 0 aliphatic carbocycles. The fourth-order valence-electron chi connectivity index (χ4n) is 0.923. The Morgan fingerprint density at radius 2 is 1.86 bits per heavy atom. The normalized spacial score (nSPS) is 12.6.